The Morgan fingerprint density at radius 1 is 0.714 bits per heavy atom. The third-order valence-electron chi connectivity index (χ3n) is 4.19. The molecule has 2 aromatic rings. The summed E-state index contributed by atoms with van der Waals surface area (Å²) in [5, 5.41) is 20.7. The fourth-order valence-corrected chi connectivity index (χ4v) is 3.42. The van der Waals surface area contributed by atoms with E-state index in [0.717, 1.165) is 36.8 Å². The molecule has 0 fully saturated rings. The molecule has 0 bridgehead atoms. The highest BCUT2D eigenvalue weighted by Gasteiger charge is 2.36. The maximum atomic E-state index is 10.4. The van der Waals surface area contributed by atoms with Gasteiger partial charge in [0, 0.05) is 16.5 Å². The van der Waals surface area contributed by atoms with E-state index in [1.807, 2.05) is 36.4 Å². The Kier molecular flexibility index (Phi) is 4.89. The molecule has 2 N–H and O–H groups in total. The minimum atomic E-state index is -0.333. The van der Waals surface area contributed by atoms with Crippen molar-refractivity contribution in [3.63, 3.8) is 0 Å². The highest BCUT2D eigenvalue weighted by molar-refractivity contribution is 5.51. The first-order valence-corrected chi connectivity index (χ1v) is 7.72. The van der Waals surface area contributed by atoms with E-state index < -0.39 is 0 Å². The zero-order chi connectivity index (χ0) is 15.3. The molecule has 0 aliphatic carbocycles. The summed E-state index contributed by atoms with van der Waals surface area (Å²) in [6.07, 6.45) is 3.78. The van der Waals surface area contributed by atoms with Crippen molar-refractivity contribution in [1.29, 1.82) is 0 Å². The normalized spacial score (nSPS) is 11.5. The van der Waals surface area contributed by atoms with E-state index in [9.17, 15) is 10.2 Å². The SMILES string of the molecule is CCCC(CCC)(c1ccccc1O)c1ccccc1O. The lowest BCUT2D eigenvalue weighted by Crippen LogP contribution is -2.28. The van der Waals surface area contributed by atoms with Gasteiger partial charge in [-0.3, -0.25) is 0 Å². The zero-order valence-corrected chi connectivity index (χ0v) is 12.8. The van der Waals surface area contributed by atoms with Crippen molar-refractivity contribution in [1.82, 2.24) is 0 Å². The molecule has 0 aliphatic heterocycles. The molecule has 0 aromatic heterocycles. The predicted molar refractivity (Wildman–Crippen MR) is 86.8 cm³/mol. The Labute approximate surface area is 127 Å². The van der Waals surface area contributed by atoms with Gasteiger partial charge < -0.3 is 10.2 Å². The molecule has 0 saturated heterocycles. The van der Waals surface area contributed by atoms with Crippen LogP contribution in [0.15, 0.2) is 48.5 Å². The molecule has 0 heterocycles. The number of para-hydroxylation sites is 2. The molecule has 0 aliphatic rings. The Morgan fingerprint density at radius 2 is 1.10 bits per heavy atom. The van der Waals surface area contributed by atoms with Gasteiger partial charge in [0.25, 0.3) is 0 Å². The molecule has 0 atom stereocenters. The molecule has 0 saturated carbocycles. The van der Waals surface area contributed by atoms with Crippen LogP contribution in [0.4, 0.5) is 0 Å². The van der Waals surface area contributed by atoms with Gasteiger partial charge in [0.1, 0.15) is 11.5 Å². The number of phenols is 2. The minimum Gasteiger partial charge on any atom is -0.508 e. The van der Waals surface area contributed by atoms with Crippen LogP contribution in [0.2, 0.25) is 0 Å². The number of phenolic OH excluding ortho intramolecular Hbond substituents is 2. The van der Waals surface area contributed by atoms with Crippen molar-refractivity contribution in [3.8, 4) is 11.5 Å². The molecule has 112 valence electrons. The molecular weight excluding hydrogens is 260 g/mol. The summed E-state index contributed by atoms with van der Waals surface area (Å²) in [6.45, 7) is 4.29. The second-order valence-electron chi connectivity index (χ2n) is 5.62. The van der Waals surface area contributed by atoms with E-state index in [1.54, 1.807) is 12.1 Å². The zero-order valence-electron chi connectivity index (χ0n) is 12.8. The molecule has 0 radical (unpaired) electrons. The quantitative estimate of drug-likeness (QED) is 0.785. The van der Waals surface area contributed by atoms with Crippen molar-refractivity contribution in [2.45, 2.75) is 44.9 Å². The molecule has 0 amide bonds. The van der Waals surface area contributed by atoms with E-state index >= 15 is 0 Å². The van der Waals surface area contributed by atoms with Crippen molar-refractivity contribution in [3.05, 3.63) is 59.7 Å². The maximum absolute atomic E-state index is 10.4. The lowest BCUT2D eigenvalue weighted by Gasteiger charge is -2.36. The first kappa shape index (κ1) is 15.4. The van der Waals surface area contributed by atoms with E-state index in [0.29, 0.717) is 11.5 Å². The third-order valence-corrected chi connectivity index (χ3v) is 4.19. The van der Waals surface area contributed by atoms with E-state index in [1.165, 1.54) is 0 Å². The van der Waals surface area contributed by atoms with Crippen LogP contribution in [0.1, 0.15) is 50.7 Å². The van der Waals surface area contributed by atoms with Crippen LogP contribution in [0.3, 0.4) is 0 Å². The van der Waals surface area contributed by atoms with Gasteiger partial charge in [0.2, 0.25) is 0 Å². The van der Waals surface area contributed by atoms with Crippen LogP contribution in [0.25, 0.3) is 0 Å². The molecule has 21 heavy (non-hydrogen) atoms. The molecule has 2 nitrogen and oxygen atoms in total. The lowest BCUT2D eigenvalue weighted by molar-refractivity contribution is 0.374. The largest absolute Gasteiger partial charge is 0.508 e. The number of hydrogen-bond donors (Lipinski definition) is 2. The molecule has 2 rings (SSSR count). The Hall–Kier alpha value is -1.96. The van der Waals surface area contributed by atoms with Gasteiger partial charge in [-0.1, -0.05) is 63.1 Å². The molecule has 2 aromatic carbocycles. The number of benzene rings is 2. The Morgan fingerprint density at radius 3 is 1.43 bits per heavy atom. The van der Waals surface area contributed by atoms with Crippen LogP contribution in [-0.2, 0) is 5.41 Å². The van der Waals surface area contributed by atoms with Crippen molar-refractivity contribution < 1.29 is 10.2 Å². The average Bonchev–Trinajstić information content (AvgIpc) is 2.48. The van der Waals surface area contributed by atoms with Crippen molar-refractivity contribution in [2.75, 3.05) is 0 Å². The molecule has 2 heteroatoms. The first-order chi connectivity index (χ1) is 10.2. The minimum absolute atomic E-state index is 0.308. The first-order valence-electron chi connectivity index (χ1n) is 7.72. The highest BCUT2D eigenvalue weighted by Crippen LogP contribution is 2.47. The second-order valence-corrected chi connectivity index (χ2v) is 5.62. The topological polar surface area (TPSA) is 40.5 Å². The van der Waals surface area contributed by atoms with E-state index in [-0.39, 0.29) is 5.41 Å². The van der Waals surface area contributed by atoms with Crippen molar-refractivity contribution >= 4 is 0 Å². The van der Waals surface area contributed by atoms with Crippen LogP contribution >= 0.6 is 0 Å². The summed E-state index contributed by atoms with van der Waals surface area (Å²) >= 11 is 0. The van der Waals surface area contributed by atoms with Gasteiger partial charge in [-0.2, -0.15) is 0 Å². The Bertz CT molecular complexity index is 536. The summed E-state index contributed by atoms with van der Waals surface area (Å²) < 4.78 is 0. The molecular formula is C19H24O2. The van der Waals surface area contributed by atoms with Crippen LogP contribution in [0.5, 0.6) is 11.5 Å². The standard InChI is InChI=1S/C19H24O2/c1-3-13-19(14-4-2,15-9-5-7-11-17(15)20)16-10-6-8-12-18(16)21/h5-12,20-21H,3-4,13-14H2,1-2H3. The van der Waals surface area contributed by atoms with Crippen LogP contribution in [-0.4, -0.2) is 10.2 Å². The van der Waals surface area contributed by atoms with Crippen LogP contribution in [0, 0.1) is 0 Å². The van der Waals surface area contributed by atoms with Gasteiger partial charge in [-0.15, -0.1) is 0 Å². The third kappa shape index (κ3) is 2.90. The average molecular weight is 284 g/mol. The monoisotopic (exact) mass is 284 g/mol. The summed E-state index contributed by atoms with van der Waals surface area (Å²) in [6, 6.07) is 15.0. The highest BCUT2D eigenvalue weighted by atomic mass is 16.3. The second kappa shape index (κ2) is 6.66. The number of aromatic hydroxyl groups is 2. The fourth-order valence-electron chi connectivity index (χ4n) is 3.42. The van der Waals surface area contributed by atoms with Crippen LogP contribution < -0.4 is 0 Å². The number of hydrogen-bond acceptors (Lipinski definition) is 2. The van der Waals surface area contributed by atoms with E-state index in [4.69, 9.17) is 0 Å². The van der Waals surface area contributed by atoms with E-state index in [2.05, 4.69) is 13.8 Å². The van der Waals surface area contributed by atoms with Gasteiger partial charge >= 0.3 is 0 Å². The van der Waals surface area contributed by atoms with Gasteiger partial charge in [-0.25, -0.2) is 0 Å². The summed E-state index contributed by atoms with van der Waals surface area (Å²) in [5.41, 5.74) is 1.49. The van der Waals surface area contributed by atoms with Gasteiger partial charge in [0.05, 0.1) is 0 Å². The summed E-state index contributed by atoms with van der Waals surface area (Å²) in [5.74, 6) is 0.616. The smallest absolute Gasteiger partial charge is 0.119 e. The summed E-state index contributed by atoms with van der Waals surface area (Å²) in [7, 11) is 0. The Balaban J connectivity index is 2.69. The fraction of sp³-hybridized carbons (Fsp3) is 0.368. The summed E-state index contributed by atoms with van der Waals surface area (Å²) in [4.78, 5) is 0. The molecule has 0 spiro atoms. The van der Waals surface area contributed by atoms with Gasteiger partial charge in [0.15, 0.2) is 0 Å². The van der Waals surface area contributed by atoms with Crippen molar-refractivity contribution in [2.24, 2.45) is 0 Å². The van der Waals surface area contributed by atoms with Gasteiger partial charge in [-0.05, 0) is 25.0 Å². The number of rotatable bonds is 6. The lowest BCUT2D eigenvalue weighted by atomic mass is 9.68. The molecule has 0 unspecified atom stereocenters. The predicted octanol–water partition coefficient (Wildman–Crippen LogP) is 4.98. The maximum Gasteiger partial charge on any atom is 0.119 e.